The molecule has 1 N–H and O–H groups in total. The lowest BCUT2D eigenvalue weighted by molar-refractivity contribution is -0.161. The average molecular weight is 354 g/mol. The Morgan fingerprint density at radius 2 is 1.88 bits per heavy atom. The number of fused-ring (bicyclic) bond motifs is 1. The summed E-state index contributed by atoms with van der Waals surface area (Å²) in [6, 6.07) is 14.5. The van der Waals surface area contributed by atoms with Crippen molar-refractivity contribution in [3.05, 3.63) is 59.9 Å². The van der Waals surface area contributed by atoms with E-state index in [4.69, 9.17) is 0 Å². The van der Waals surface area contributed by atoms with Crippen LogP contribution in [-0.2, 0) is 4.79 Å². The number of piperazine rings is 1. The van der Waals surface area contributed by atoms with Crippen LogP contribution in [0.3, 0.4) is 0 Å². The summed E-state index contributed by atoms with van der Waals surface area (Å²) in [6.45, 7) is 4.14. The summed E-state index contributed by atoms with van der Waals surface area (Å²) in [5, 5.41) is 9.81. The highest BCUT2D eigenvalue weighted by molar-refractivity contribution is 5.81. The van der Waals surface area contributed by atoms with Gasteiger partial charge in [-0.05, 0) is 23.7 Å². The first-order chi connectivity index (χ1) is 12.6. The third-order valence-electron chi connectivity index (χ3n) is 5.75. The molecule has 26 heavy (non-hydrogen) atoms. The van der Waals surface area contributed by atoms with E-state index in [2.05, 4.69) is 11.8 Å². The van der Waals surface area contributed by atoms with Gasteiger partial charge in [0.05, 0.1) is 25.2 Å². The number of halogens is 1. The molecule has 0 saturated carbocycles. The molecule has 2 heterocycles. The molecule has 4 nitrogen and oxygen atoms in total. The van der Waals surface area contributed by atoms with Crippen molar-refractivity contribution in [2.45, 2.75) is 24.9 Å². The predicted molar refractivity (Wildman–Crippen MR) is 98.2 cm³/mol. The van der Waals surface area contributed by atoms with Crippen LogP contribution in [0.2, 0.25) is 0 Å². The van der Waals surface area contributed by atoms with Crippen LogP contribution in [-0.4, -0.2) is 59.1 Å². The molecule has 5 heteroatoms. The van der Waals surface area contributed by atoms with Gasteiger partial charge in [0, 0.05) is 18.0 Å². The Balaban J connectivity index is 1.60. The Labute approximate surface area is 152 Å². The molecule has 4 rings (SSSR count). The molecule has 2 aromatic carbocycles. The van der Waals surface area contributed by atoms with Crippen LogP contribution in [0.4, 0.5) is 4.39 Å². The zero-order valence-electron chi connectivity index (χ0n) is 14.8. The Kier molecular flexibility index (Phi) is 4.51. The van der Waals surface area contributed by atoms with E-state index < -0.39 is 0 Å². The van der Waals surface area contributed by atoms with Crippen molar-refractivity contribution in [1.29, 1.82) is 0 Å². The Bertz CT molecular complexity index is 808. The molecule has 0 bridgehead atoms. The van der Waals surface area contributed by atoms with Crippen molar-refractivity contribution in [2.24, 2.45) is 0 Å². The lowest BCUT2D eigenvalue weighted by Gasteiger charge is -2.58. The van der Waals surface area contributed by atoms with E-state index in [1.807, 2.05) is 35.2 Å². The lowest BCUT2D eigenvalue weighted by Crippen LogP contribution is -2.72. The Hall–Kier alpha value is -2.24. The second-order valence-electron chi connectivity index (χ2n) is 7.07. The van der Waals surface area contributed by atoms with Crippen LogP contribution in [0.5, 0.6) is 0 Å². The van der Waals surface area contributed by atoms with Gasteiger partial charge in [0.15, 0.2) is 0 Å². The minimum absolute atomic E-state index is 0.0336. The van der Waals surface area contributed by atoms with Crippen molar-refractivity contribution in [3.8, 4) is 11.1 Å². The van der Waals surface area contributed by atoms with Crippen LogP contribution in [0.15, 0.2) is 48.5 Å². The summed E-state index contributed by atoms with van der Waals surface area (Å²) in [5.74, 6) is -0.0193. The van der Waals surface area contributed by atoms with E-state index in [1.165, 1.54) is 6.07 Å². The van der Waals surface area contributed by atoms with Gasteiger partial charge in [0.2, 0.25) is 5.91 Å². The molecule has 0 spiro atoms. The maximum absolute atomic E-state index is 14.0. The number of nitrogens with zero attached hydrogens (tertiary/aromatic N) is 2. The Morgan fingerprint density at radius 3 is 2.54 bits per heavy atom. The molecule has 2 aliphatic heterocycles. The number of hydrogen-bond acceptors (Lipinski definition) is 3. The maximum atomic E-state index is 14.0. The summed E-state index contributed by atoms with van der Waals surface area (Å²) in [7, 11) is 0. The van der Waals surface area contributed by atoms with Crippen LogP contribution in [0, 0.1) is 5.82 Å². The number of amides is 1. The quantitative estimate of drug-likeness (QED) is 0.917. The molecule has 0 aromatic heterocycles. The minimum Gasteiger partial charge on any atom is -0.394 e. The van der Waals surface area contributed by atoms with Crippen molar-refractivity contribution < 1.29 is 14.3 Å². The summed E-state index contributed by atoms with van der Waals surface area (Å²) in [6.07, 6.45) is 0. The summed E-state index contributed by atoms with van der Waals surface area (Å²) in [5.41, 5.74) is 2.51. The number of hydrogen-bond donors (Lipinski definition) is 1. The van der Waals surface area contributed by atoms with Gasteiger partial charge in [0.25, 0.3) is 0 Å². The predicted octanol–water partition coefficient (Wildman–Crippen LogP) is 2.48. The van der Waals surface area contributed by atoms with E-state index >= 15 is 0 Å². The number of aliphatic hydroxyl groups excluding tert-OH is 1. The topological polar surface area (TPSA) is 43.8 Å². The van der Waals surface area contributed by atoms with Crippen molar-refractivity contribution >= 4 is 5.91 Å². The van der Waals surface area contributed by atoms with E-state index in [9.17, 15) is 14.3 Å². The molecule has 0 unspecified atom stereocenters. The van der Waals surface area contributed by atoms with Gasteiger partial charge in [-0.3, -0.25) is 9.69 Å². The van der Waals surface area contributed by atoms with E-state index in [1.54, 1.807) is 12.1 Å². The van der Waals surface area contributed by atoms with E-state index in [0.29, 0.717) is 12.1 Å². The second kappa shape index (κ2) is 6.82. The monoisotopic (exact) mass is 354 g/mol. The SMILES string of the molecule is CCN1CC(=O)N2[C@H](CO)[C@@H](c3ccc(-c4ccccc4F)cc3)[C@H]2C1. The summed E-state index contributed by atoms with van der Waals surface area (Å²) < 4.78 is 14.0. The third kappa shape index (κ3) is 2.72. The molecule has 1 amide bonds. The van der Waals surface area contributed by atoms with Crippen molar-refractivity contribution in [3.63, 3.8) is 0 Å². The van der Waals surface area contributed by atoms with Gasteiger partial charge in [-0.25, -0.2) is 4.39 Å². The standard InChI is InChI=1S/C21H23FN2O2/c1-2-23-11-18-21(19(13-25)24(18)20(26)12-23)15-9-7-14(8-10-15)16-5-3-4-6-17(16)22/h3-10,18-19,21,25H,2,11-13H2,1H3/t18-,19-,21+/m1/s1. The van der Waals surface area contributed by atoms with Crippen LogP contribution >= 0.6 is 0 Å². The summed E-state index contributed by atoms with van der Waals surface area (Å²) >= 11 is 0. The molecule has 3 atom stereocenters. The number of carbonyl (C=O) groups is 1. The molecule has 2 aromatic rings. The van der Waals surface area contributed by atoms with Gasteiger partial charge in [0.1, 0.15) is 5.82 Å². The molecule has 2 saturated heterocycles. The Morgan fingerprint density at radius 1 is 1.15 bits per heavy atom. The number of benzene rings is 2. The third-order valence-corrected chi connectivity index (χ3v) is 5.75. The number of aliphatic hydroxyl groups is 1. The first-order valence-electron chi connectivity index (χ1n) is 9.13. The first-order valence-corrected chi connectivity index (χ1v) is 9.13. The fourth-order valence-electron chi connectivity index (χ4n) is 4.39. The average Bonchev–Trinajstić information content (AvgIpc) is 2.64. The molecule has 136 valence electrons. The molecule has 2 fully saturated rings. The lowest BCUT2D eigenvalue weighted by atomic mass is 9.73. The van der Waals surface area contributed by atoms with Gasteiger partial charge < -0.3 is 10.0 Å². The van der Waals surface area contributed by atoms with Gasteiger partial charge in [-0.15, -0.1) is 0 Å². The van der Waals surface area contributed by atoms with E-state index in [0.717, 1.165) is 24.2 Å². The molecule has 0 radical (unpaired) electrons. The minimum atomic E-state index is -0.236. The van der Waals surface area contributed by atoms with Crippen LogP contribution in [0.1, 0.15) is 18.4 Å². The molecule has 2 aliphatic rings. The zero-order chi connectivity index (χ0) is 18.3. The number of likely N-dealkylation sites (N-methyl/N-ethyl adjacent to an activating group) is 1. The number of carbonyl (C=O) groups excluding carboxylic acids is 1. The molecular formula is C21H23FN2O2. The fraction of sp³-hybridized carbons (Fsp3) is 0.381. The smallest absolute Gasteiger partial charge is 0.237 e. The fourth-order valence-corrected chi connectivity index (χ4v) is 4.39. The largest absolute Gasteiger partial charge is 0.394 e. The molecular weight excluding hydrogens is 331 g/mol. The van der Waals surface area contributed by atoms with Crippen molar-refractivity contribution in [1.82, 2.24) is 9.80 Å². The highest BCUT2D eigenvalue weighted by atomic mass is 19.1. The van der Waals surface area contributed by atoms with Crippen LogP contribution in [0.25, 0.3) is 11.1 Å². The second-order valence-corrected chi connectivity index (χ2v) is 7.07. The maximum Gasteiger partial charge on any atom is 0.237 e. The normalized spacial score (nSPS) is 25.7. The van der Waals surface area contributed by atoms with Crippen LogP contribution < -0.4 is 0 Å². The summed E-state index contributed by atoms with van der Waals surface area (Å²) in [4.78, 5) is 16.4. The first kappa shape index (κ1) is 17.2. The highest BCUT2D eigenvalue weighted by Gasteiger charge is 2.53. The highest BCUT2D eigenvalue weighted by Crippen LogP contribution is 2.43. The van der Waals surface area contributed by atoms with E-state index in [-0.39, 0.29) is 36.3 Å². The molecule has 0 aliphatic carbocycles. The van der Waals surface area contributed by atoms with Gasteiger partial charge >= 0.3 is 0 Å². The number of rotatable bonds is 4. The van der Waals surface area contributed by atoms with Crippen molar-refractivity contribution in [2.75, 3.05) is 26.2 Å². The van der Waals surface area contributed by atoms with Gasteiger partial charge in [-0.1, -0.05) is 49.4 Å². The zero-order valence-corrected chi connectivity index (χ0v) is 14.8. The van der Waals surface area contributed by atoms with Gasteiger partial charge in [-0.2, -0.15) is 0 Å².